The van der Waals surface area contributed by atoms with Gasteiger partial charge in [-0.3, -0.25) is 14.2 Å². The number of carbonyl (C=O) groups excluding carboxylic acids is 1. The van der Waals surface area contributed by atoms with Crippen LogP contribution in [0.15, 0.2) is 18.6 Å². The smallest absolute Gasteiger partial charge is 0.291 e. The van der Waals surface area contributed by atoms with E-state index in [-0.39, 0.29) is 23.9 Å². The Bertz CT molecular complexity index is 634. The zero-order valence-electron chi connectivity index (χ0n) is 12.1. The molecule has 1 amide bonds. The second-order valence-electron chi connectivity index (χ2n) is 4.97. The third-order valence-electron chi connectivity index (χ3n) is 3.55. The molecular weight excluding hydrogens is 272 g/mol. The molecule has 0 unspecified atom stereocenters. The van der Waals surface area contributed by atoms with Gasteiger partial charge in [0.15, 0.2) is 0 Å². The van der Waals surface area contributed by atoms with Crippen LogP contribution in [0.1, 0.15) is 35.8 Å². The largest absolute Gasteiger partial charge is 0.370 e. The van der Waals surface area contributed by atoms with Gasteiger partial charge in [-0.05, 0) is 19.4 Å². The van der Waals surface area contributed by atoms with E-state index in [9.17, 15) is 4.79 Å². The number of ether oxygens (including phenoxy) is 1. The highest BCUT2D eigenvalue weighted by Crippen LogP contribution is 2.29. The van der Waals surface area contributed by atoms with Gasteiger partial charge < -0.3 is 10.1 Å². The Labute approximate surface area is 122 Å². The van der Waals surface area contributed by atoms with Crippen LogP contribution >= 0.6 is 0 Å². The standard InChI is InChI=1S/C13H18N6O2/c1-3-19-10(4-6-15-19)11-9(5-7-21-11)16-13(20)12-14-8-18(2)17-12/h4,6,8-9,11H,3,5,7H2,1-2H3,(H,16,20)/t9-,11-/m0/s1. The first kappa shape index (κ1) is 13.7. The fourth-order valence-electron chi connectivity index (χ4n) is 2.55. The van der Waals surface area contributed by atoms with Crippen molar-refractivity contribution in [3.8, 4) is 0 Å². The lowest BCUT2D eigenvalue weighted by atomic mass is 10.1. The molecule has 2 aromatic heterocycles. The summed E-state index contributed by atoms with van der Waals surface area (Å²) in [6, 6.07) is 1.83. The minimum Gasteiger partial charge on any atom is -0.370 e. The number of hydrogen-bond acceptors (Lipinski definition) is 5. The van der Waals surface area contributed by atoms with Crippen molar-refractivity contribution in [3.05, 3.63) is 30.1 Å². The van der Waals surface area contributed by atoms with E-state index < -0.39 is 0 Å². The monoisotopic (exact) mass is 290 g/mol. The summed E-state index contributed by atoms with van der Waals surface area (Å²) >= 11 is 0. The van der Waals surface area contributed by atoms with E-state index in [1.165, 1.54) is 11.0 Å². The summed E-state index contributed by atoms with van der Waals surface area (Å²) in [6.07, 6.45) is 3.83. The van der Waals surface area contributed by atoms with Gasteiger partial charge in [0.2, 0.25) is 5.82 Å². The summed E-state index contributed by atoms with van der Waals surface area (Å²) in [7, 11) is 1.73. The Balaban J connectivity index is 1.74. The number of amides is 1. The Hall–Kier alpha value is -2.22. The maximum Gasteiger partial charge on any atom is 0.291 e. The minimum absolute atomic E-state index is 0.0942. The molecule has 0 aliphatic carbocycles. The summed E-state index contributed by atoms with van der Waals surface area (Å²) in [5.74, 6) is -0.106. The number of nitrogens with one attached hydrogen (secondary N) is 1. The van der Waals surface area contributed by atoms with Gasteiger partial charge in [-0.25, -0.2) is 4.98 Å². The van der Waals surface area contributed by atoms with E-state index in [1.54, 1.807) is 13.2 Å². The van der Waals surface area contributed by atoms with Crippen LogP contribution in [0.4, 0.5) is 0 Å². The van der Waals surface area contributed by atoms with Gasteiger partial charge in [-0.1, -0.05) is 0 Å². The number of aryl methyl sites for hydroxylation is 2. The zero-order chi connectivity index (χ0) is 14.8. The van der Waals surface area contributed by atoms with E-state index in [0.29, 0.717) is 6.61 Å². The number of nitrogens with zero attached hydrogens (tertiary/aromatic N) is 5. The Kier molecular flexibility index (Phi) is 3.70. The molecule has 0 bridgehead atoms. The molecule has 1 aliphatic heterocycles. The van der Waals surface area contributed by atoms with E-state index >= 15 is 0 Å². The van der Waals surface area contributed by atoms with Gasteiger partial charge in [0.05, 0.1) is 11.7 Å². The molecule has 1 aliphatic rings. The third kappa shape index (κ3) is 2.66. The van der Waals surface area contributed by atoms with E-state index in [0.717, 1.165) is 18.7 Å². The molecule has 112 valence electrons. The molecule has 1 fully saturated rings. The number of aromatic nitrogens is 5. The Morgan fingerprint density at radius 1 is 1.57 bits per heavy atom. The fourth-order valence-corrected chi connectivity index (χ4v) is 2.55. The molecule has 0 radical (unpaired) electrons. The quantitative estimate of drug-likeness (QED) is 0.874. The van der Waals surface area contributed by atoms with Gasteiger partial charge in [0.1, 0.15) is 12.4 Å². The molecule has 1 N–H and O–H groups in total. The minimum atomic E-state index is -0.279. The summed E-state index contributed by atoms with van der Waals surface area (Å²) in [5.41, 5.74) is 0.981. The second kappa shape index (κ2) is 5.65. The molecule has 2 atom stereocenters. The van der Waals surface area contributed by atoms with Gasteiger partial charge >= 0.3 is 0 Å². The van der Waals surface area contributed by atoms with Crippen LogP contribution in [0, 0.1) is 0 Å². The van der Waals surface area contributed by atoms with Crippen molar-refractivity contribution in [2.24, 2.45) is 7.05 Å². The number of rotatable bonds is 4. The van der Waals surface area contributed by atoms with Crippen LogP contribution in [-0.4, -0.2) is 43.1 Å². The average molecular weight is 290 g/mol. The van der Waals surface area contributed by atoms with Crippen molar-refractivity contribution >= 4 is 5.91 Å². The highest BCUT2D eigenvalue weighted by Gasteiger charge is 2.33. The van der Waals surface area contributed by atoms with Crippen LogP contribution < -0.4 is 5.32 Å². The molecule has 0 aromatic carbocycles. The first-order chi connectivity index (χ1) is 10.2. The normalized spacial score (nSPS) is 21.6. The lowest BCUT2D eigenvalue weighted by molar-refractivity contribution is 0.0782. The molecule has 1 saturated heterocycles. The van der Waals surface area contributed by atoms with Crippen molar-refractivity contribution in [2.45, 2.75) is 32.0 Å². The lowest BCUT2D eigenvalue weighted by Crippen LogP contribution is -2.38. The molecule has 21 heavy (non-hydrogen) atoms. The van der Waals surface area contributed by atoms with Crippen LogP contribution in [-0.2, 0) is 18.3 Å². The van der Waals surface area contributed by atoms with Crippen molar-refractivity contribution in [1.82, 2.24) is 29.9 Å². The molecule has 2 aromatic rings. The summed E-state index contributed by atoms with van der Waals surface area (Å²) in [5, 5.41) is 11.2. The van der Waals surface area contributed by atoms with Gasteiger partial charge in [-0.15, -0.1) is 5.10 Å². The fraction of sp³-hybridized carbons (Fsp3) is 0.538. The van der Waals surface area contributed by atoms with Crippen LogP contribution in [0.2, 0.25) is 0 Å². The lowest BCUT2D eigenvalue weighted by Gasteiger charge is -2.20. The maximum absolute atomic E-state index is 12.2. The van der Waals surface area contributed by atoms with Crippen LogP contribution in [0.3, 0.4) is 0 Å². The van der Waals surface area contributed by atoms with Crippen molar-refractivity contribution in [1.29, 1.82) is 0 Å². The van der Waals surface area contributed by atoms with E-state index in [2.05, 4.69) is 20.5 Å². The number of hydrogen-bond donors (Lipinski definition) is 1. The first-order valence-corrected chi connectivity index (χ1v) is 6.99. The van der Waals surface area contributed by atoms with Gasteiger partial charge in [-0.2, -0.15) is 5.10 Å². The Morgan fingerprint density at radius 3 is 3.14 bits per heavy atom. The average Bonchev–Trinajstić information content (AvgIpc) is 3.17. The Morgan fingerprint density at radius 2 is 2.43 bits per heavy atom. The van der Waals surface area contributed by atoms with Crippen LogP contribution in [0.5, 0.6) is 0 Å². The highest BCUT2D eigenvalue weighted by atomic mass is 16.5. The first-order valence-electron chi connectivity index (χ1n) is 6.99. The van der Waals surface area contributed by atoms with Crippen LogP contribution in [0.25, 0.3) is 0 Å². The summed E-state index contributed by atoms with van der Waals surface area (Å²) in [4.78, 5) is 16.1. The molecule has 3 heterocycles. The maximum atomic E-state index is 12.2. The summed E-state index contributed by atoms with van der Waals surface area (Å²) in [6.45, 7) is 3.40. The molecular formula is C13H18N6O2. The van der Waals surface area contributed by atoms with Gasteiger partial charge in [0, 0.05) is 26.4 Å². The molecule has 3 rings (SSSR count). The second-order valence-corrected chi connectivity index (χ2v) is 4.97. The number of carbonyl (C=O) groups is 1. The topological polar surface area (TPSA) is 86.9 Å². The molecule has 8 heteroatoms. The SMILES string of the molecule is CCn1nccc1[C@H]1OCC[C@@H]1NC(=O)c1ncn(C)n1. The molecule has 0 spiro atoms. The third-order valence-corrected chi connectivity index (χ3v) is 3.55. The summed E-state index contributed by atoms with van der Waals surface area (Å²) < 4.78 is 9.16. The highest BCUT2D eigenvalue weighted by molar-refractivity contribution is 5.90. The van der Waals surface area contributed by atoms with E-state index in [4.69, 9.17) is 4.74 Å². The predicted molar refractivity (Wildman–Crippen MR) is 73.5 cm³/mol. The molecule has 0 saturated carbocycles. The van der Waals surface area contributed by atoms with Crippen molar-refractivity contribution in [2.75, 3.05) is 6.61 Å². The van der Waals surface area contributed by atoms with Gasteiger partial charge in [0.25, 0.3) is 5.91 Å². The van der Waals surface area contributed by atoms with Crippen molar-refractivity contribution in [3.63, 3.8) is 0 Å². The van der Waals surface area contributed by atoms with Crippen molar-refractivity contribution < 1.29 is 9.53 Å². The molecule has 8 nitrogen and oxygen atoms in total. The zero-order valence-corrected chi connectivity index (χ0v) is 12.1. The predicted octanol–water partition coefficient (Wildman–Crippen LogP) is 0.291. The van der Waals surface area contributed by atoms with E-state index in [1.807, 2.05) is 17.7 Å².